The molecule has 1 saturated heterocycles. The van der Waals surface area contributed by atoms with E-state index in [1.165, 1.54) is 0 Å². The maximum absolute atomic E-state index is 12.7. The number of carbonyl (C=O) groups is 3. The number of likely N-dealkylation sites (tertiary alicyclic amines) is 1. The van der Waals surface area contributed by atoms with E-state index in [9.17, 15) is 14.4 Å². The lowest BCUT2D eigenvalue weighted by Gasteiger charge is -2.31. The number of ether oxygens (including phenoxy) is 1. The molecule has 2 N–H and O–H groups in total. The second-order valence-corrected chi connectivity index (χ2v) is 9.13. The van der Waals surface area contributed by atoms with Gasteiger partial charge in [-0.2, -0.15) is 0 Å². The van der Waals surface area contributed by atoms with Crippen LogP contribution in [0.5, 0.6) is 5.75 Å². The Morgan fingerprint density at radius 3 is 2.47 bits per heavy atom. The highest BCUT2D eigenvalue weighted by Crippen LogP contribution is 2.19. The first-order valence-electron chi connectivity index (χ1n) is 12.0. The fourth-order valence-corrected chi connectivity index (χ4v) is 4.00. The number of para-hydroxylation sites is 1. The first-order chi connectivity index (χ1) is 16.4. The number of piperidine rings is 1. The van der Waals surface area contributed by atoms with Crippen LogP contribution in [0.1, 0.15) is 45.1 Å². The number of anilines is 1. The minimum absolute atomic E-state index is 0.00811. The van der Waals surface area contributed by atoms with Gasteiger partial charge in [0.25, 0.3) is 0 Å². The van der Waals surface area contributed by atoms with E-state index in [4.69, 9.17) is 4.74 Å². The molecule has 0 radical (unpaired) electrons. The molecule has 182 valence electrons. The smallest absolute Gasteiger partial charge is 0.225 e. The molecule has 0 unspecified atom stereocenters. The molecule has 0 aromatic heterocycles. The molecule has 0 saturated carbocycles. The maximum atomic E-state index is 12.7. The summed E-state index contributed by atoms with van der Waals surface area (Å²) >= 11 is 0. The highest BCUT2D eigenvalue weighted by Gasteiger charge is 2.27. The predicted molar refractivity (Wildman–Crippen MR) is 132 cm³/mol. The van der Waals surface area contributed by atoms with Gasteiger partial charge in [-0.05, 0) is 48.6 Å². The molecule has 1 aliphatic heterocycles. The van der Waals surface area contributed by atoms with E-state index in [1.807, 2.05) is 73.3 Å². The van der Waals surface area contributed by atoms with Gasteiger partial charge < -0.3 is 20.3 Å². The summed E-state index contributed by atoms with van der Waals surface area (Å²) in [6.45, 7) is 5.93. The minimum Gasteiger partial charge on any atom is -0.493 e. The molecule has 1 fully saturated rings. The fraction of sp³-hybridized carbons (Fsp3) is 0.444. The van der Waals surface area contributed by atoms with Crippen LogP contribution >= 0.6 is 0 Å². The predicted octanol–water partition coefficient (Wildman–Crippen LogP) is 4.00. The lowest BCUT2D eigenvalue weighted by atomic mass is 9.95. The zero-order chi connectivity index (χ0) is 24.3. The van der Waals surface area contributed by atoms with E-state index in [-0.39, 0.29) is 23.6 Å². The van der Waals surface area contributed by atoms with Crippen molar-refractivity contribution >= 4 is 23.4 Å². The zero-order valence-corrected chi connectivity index (χ0v) is 20.1. The maximum Gasteiger partial charge on any atom is 0.225 e. The van der Waals surface area contributed by atoms with E-state index in [0.29, 0.717) is 57.8 Å². The lowest BCUT2D eigenvalue weighted by Crippen LogP contribution is -2.43. The standard InChI is InChI=1S/C27H35N3O4/c1-20(2)17-25(31)29-23-8-6-7-21(18-23)19-28-27(33)22-11-14-30(15-12-22)26(32)13-16-34-24-9-4-3-5-10-24/h3-10,18,20,22H,11-17,19H2,1-2H3,(H,28,33)(H,29,31). The third kappa shape index (κ3) is 8.21. The van der Waals surface area contributed by atoms with E-state index >= 15 is 0 Å². The zero-order valence-electron chi connectivity index (χ0n) is 20.1. The molecule has 1 aliphatic rings. The van der Waals surface area contributed by atoms with Gasteiger partial charge in [-0.1, -0.05) is 44.2 Å². The SMILES string of the molecule is CC(C)CC(=O)Nc1cccc(CNC(=O)C2CCN(C(=O)CCOc3ccccc3)CC2)c1. The van der Waals surface area contributed by atoms with Gasteiger partial charge in [0, 0.05) is 37.7 Å². The summed E-state index contributed by atoms with van der Waals surface area (Å²) in [4.78, 5) is 38.9. The Kier molecular flexibility index (Phi) is 9.50. The minimum atomic E-state index is -0.0986. The van der Waals surface area contributed by atoms with Crippen LogP contribution in [0.4, 0.5) is 5.69 Å². The Morgan fingerprint density at radius 1 is 1.03 bits per heavy atom. The quantitative estimate of drug-likeness (QED) is 0.555. The molecule has 7 heteroatoms. The van der Waals surface area contributed by atoms with Crippen LogP contribution in [0, 0.1) is 11.8 Å². The third-order valence-electron chi connectivity index (χ3n) is 5.82. The van der Waals surface area contributed by atoms with Gasteiger partial charge in [-0.15, -0.1) is 0 Å². The number of amides is 3. The Morgan fingerprint density at radius 2 is 1.76 bits per heavy atom. The van der Waals surface area contributed by atoms with Gasteiger partial charge in [0.2, 0.25) is 17.7 Å². The van der Waals surface area contributed by atoms with Crippen molar-refractivity contribution in [2.75, 3.05) is 25.0 Å². The topological polar surface area (TPSA) is 87.7 Å². The van der Waals surface area contributed by atoms with Gasteiger partial charge in [0.1, 0.15) is 5.75 Å². The molecular weight excluding hydrogens is 430 g/mol. The Labute approximate surface area is 201 Å². The van der Waals surface area contributed by atoms with Crippen LogP contribution in [0.3, 0.4) is 0 Å². The van der Waals surface area contributed by atoms with Crippen molar-refractivity contribution < 1.29 is 19.1 Å². The van der Waals surface area contributed by atoms with Gasteiger partial charge >= 0.3 is 0 Å². The number of hydrogen-bond donors (Lipinski definition) is 2. The molecule has 2 aromatic rings. The van der Waals surface area contributed by atoms with Crippen molar-refractivity contribution in [3.05, 3.63) is 60.2 Å². The number of rotatable bonds is 10. The first kappa shape index (κ1) is 25.3. The van der Waals surface area contributed by atoms with Crippen LogP contribution in [0.15, 0.2) is 54.6 Å². The summed E-state index contributed by atoms with van der Waals surface area (Å²) in [6.07, 6.45) is 2.11. The van der Waals surface area contributed by atoms with Crippen LogP contribution in [-0.4, -0.2) is 42.3 Å². The molecular formula is C27H35N3O4. The van der Waals surface area contributed by atoms with Crippen molar-refractivity contribution in [3.8, 4) is 5.75 Å². The normalized spacial score (nSPS) is 14.0. The third-order valence-corrected chi connectivity index (χ3v) is 5.82. The van der Waals surface area contributed by atoms with Gasteiger partial charge in [-0.25, -0.2) is 0 Å². The summed E-state index contributed by atoms with van der Waals surface area (Å²) in [6, 6.07) is 17.0. The highest BCUT2D eigenvalue weighted by molar-refractivity contribution is 5.90. The molecule has 3 rings (SSSR count). The second-order valence-electron chi connectivity index (χ2n) is 9.13. The van der Waals surface area contributed by atoms with Gasteiger partial charge in [0.05, 0.1) is 13.0 Å². The number of nitrogens with one attached hydrogen (secondary N) is 2. The largest absolute Gasteiger partial charge is 0.493 e. The second kappa shape index (κ2) is 12.8. The summed E-state index contributed by atoms with van der Waals surface area (Å²) in [5.41, 5.74) is 1.67. The van der Waals surface area contributed by atoms with Crippen molar-refractivity contribution in [1.82, 2.24) is 10.2 Å². The van der Waals surface area contributed by atoms with Crippen molar-refractivity contribution in [2.24, 2.45) is 11.8 Å². The van der Waals surface area contributed by atoms with E-state index in [1.54, 1.807) is 0 Å². The van der Waals surface area contributed by atoms with E-state index in [0.717, 1.165) is 17.0 Å². The number of benzene rings is 2. The van der Waals surface area contributed by atoms with E-state index in [2.05, 4.69) is 10.6 Å². The molecule has 1 heterocycles. The van der Waals surface area contributed by atoms with E-state index < -0.39 is 0 Å². The summed E-state index contributed by atoms with van der Waals surface area (Å²) in [7, 11) is 0. The summed E-state index contributed by atoms with van der Waals surface area (Å²) in [5, 5.41) is 5.91. The van der Waals surface area contributed by atoms with Crippen LogP contribution in [0.25, 0.3) is 0 Å². The average molecular weight is 466 g/mol. The van der Waals surface area contributed by atoms with Crippen molar-refractivity contribution in [1.29, 1.82) is 0 Å². The molecule has 0 atom stereocenters. The van der Waals surface area contributed by atoms with Crippen LogP contribution in [0.2, 0.25) is 0 Å². The Bertz CT molecular complexity index is 953. The van der Waals surface area contributed by atoms with Crippen LogP contribution < -0.4 is 15.4 Å². The Balaban J connectivity index is 1.37. The lowest BCUT2D eigenvalue weighted by molar-refractivity contribution is -0.136. The van der Waals surface area contributed by atoms with Crippen molar-refractivity contribution in [3.63, 3.8) is 0 Å². The fourth-order valence-electron chi connectivity index (χ4n) is 4.00. The number of nitrogens with zero attached hydrogens (tertiary/aromatic N) is 1. The molecule has 0 bridgehead atoms. The molecule has 0 aliphatic carbocycles. The molecule has 2 aromatic carbocycles. The number of carbonyl (C=O) groups excluding carboxylic acids is 3. The first-order valence-corrected chi connectivity index (χ1v) is 12.0. The molecule has 7 nitrogen and oxygen atoms in total. The van der Waals surface area contributed by atoms with Crippen molar-refractivity contribution in [2.45, 2.75) is 46.1 Å². The average Bonchev–Trinajstić information content (AvgIpc) is 2.83. The van der Waals surface area contributed by atoms with Gasteiger partial charge in [0.15, 0.2) is 0 Å². The monoisotopic (exact) mass is 465 g/mol. The molecule has 3 amide bonds. The molecule has 0 spiro atoms. The Hall–Kier alpha value is -3.35. The van der Waals surface area contributed by atoms with Gasteiger partial charge in [-0.3, -0.25) is 14.4 Å². The van der Waals surface area contributed by atoms with Crippen LogP contribution in [-0.2, 0) is 20.9 Å². The highest BCUT2D eigenvalue weighted by atomic mass is 16.5. The summed E-state index contributed by atoms with van der Waals surface area (Å²) in [5.74, 6) is 1.02. The summed E-state index contributed by atoms with van der Waals surface area (Å²) < 4.78 is 5.61. The molecule has 34 heavy (non-hydrogen) atoms. The number of hydrogen-bond acceptors (Lipinski definition) is 4.